The van der Waals surface area contributed by atoms with E-state index in [1.807, 2.05) is 24.3 Å². The van der Waals surface area contributed by atoms with Gasteiger partial charge in [-0.2, -0.15) is 0 Å². The van der Waals surface area contributed by atoms with Gasteiger partial charge in [0, 0.05) is 30.2 Å². The summed E-state index contributed by atoms with van der Waals surface area (Å²) in [4.78, 5) is 4.10. The molecule has 0 spiro atoms. The zero-order chi connectivity index (χ0) is 11.9. The quantitative estimate of drug-likeness (QED) is 0.818. The Morgan fingerprint density at radius 3 is 3.00 bits per heavy atom. The van der Waals surface area contributed by atoms with E-state index in [2.05, 4.69) is 4.98 Å². The lowest BCUT2D eigenvalue weighted by molar-refractivity contribution is 0.174. The van der Waals surface area contributed by atoms with E-state index in [9.17, 15) is 4.39 Å². The first-order chi connectivity index (χ1) is 8.19. The fourth-order valence-electron chi connectivity index (χ4n) is 2.78. The summed E-state index contributed by atoms with van der Waals surface area (Å²) >= 11 is 0. The van der Waals surface area contributed by atoms with E-state index in [-0.39, 0.29) is 6.04 Å². The van der Waals surface area contributed by atoms with E-state index in [4.69, 9.17) is 5.73 Å². The van der Waals surface area contributed by atoms with Crippen LogP contribution in [-0.4, -0.2) is 11.0 Å². The summed E-state index contributed by atoms with van der Waals surface area (Å²) in [5.74, 6) is 0. The van der Waals surface area contributed by atoms with Crippen molar-refractivity contribution < 1.29 is 4.39 Å². The van der Waals surface area contributed by atoms with Crippen molar-refractivity contribution in [3.05, 3.63) is 42.2 Å². The zero-order valence-electron chi connectivity index (χ0n) is 9.57. The van der Waals surface area contributed by atoms with Crippen LogP contribution >= 0.6 is 0 Å². The number of nitrogens with zero attached hydrogens (tertiary/aromatic N) is 1. The van der Waals surface area contributed by atoms with Crippen molar-refractivity contribution in [2.45, 2.75) is 31.0 Å². The van der Waals surface area contributed by atoms with Crippen LogP contribution in [0.25, 0.3) is 10.8 Å². The Morgan fingerprint density at radius 1 is 1.35 bits per heavy atom. The van der Waals surface area contributed by atoms with Gasteiger partial charge in [-0.1, -0.05) is 18.2 Å². The minimum atomic E-state index is -1.28. The van der Waals surface area contributed by atoms with Crippen molar-refractivity contribution in [1.82, 2.24) is 4.98 Å². The summed E-state index contributed by atoms with van der Waals surface area (Å²) < 4.78 is 14.9. The van der Waals surface area contributed by atoms with Gasteiger partial charge in [-0.3, -0.25) is 4.98 Å². The second-order valence-corrected chi connectivity index (χ2v) is 4.87. The summed E-state index contributed by atoms with van der Waals surface area (Å²) in [5.41, 5.74) is 5.31. The summed E-state index contributed by atoms with van der Waals surface area (Å²) in [7, 11) is 0. The number of alkyl halides is 1. The van der Waals surface area contributed by atoms with Crippen molar-refractivity contribution in [2.75, 3.05) is 0 Å². The predicted octanol–water partition coefficient (Wildman–Crippen LogP) is 2.91. The molecule has 0 bridgehead atoms. The number of aromatic nitrogens is 1. The SMILES string of the molecule is NC1CCC(F)(c2cccc3ccncc23)C1. The maximum atomic E-state index is 14.9. The largest absolute Gasteiger partial charge is 0.328 e. The maximum Gasteiger partial charge on any atom is 0.138 e. The first-order valence-electron chi connectivity index (χ1n) is 5.97. The maximum absolute atomic E-state index is 14.9. The highest BCUT2D eigenvalue weighted by Crippen LogP contribution is 2.44. The van der Waals surface area contributed by atoms with Gasteiger partial charge in [0.1, 0.15) is 5.67 Å². The molecule has 0 amide bonds. The number of nitrogens with two attached hydrogens (primary N) is 1. The van der Waals surface area contributed by atoms with E-state index in [1.165, 1.54) is 0 Å². The molecule has 2 nitrogen and oxygen atoms in total. The molecule has 0 saturated heterocycles. The Labute approximate surface area is 99.7 Å². The number of halogens is 1. The summed E-state index contributed by atoms with van der Waals surface area (Å²) in [6, 6.07) is 7.65. The zero-order valence-corrected chi connectivity index (χ0v) is 9.57. The highest BCUT2D eigenvalue weighted by atomic mass is 19.1. The molecule has 1 aromatic heterocycles. The molecule has 2 unspecified atom stereocenters. The Bertz CT molecular complexity index is 549. The van der Waals surface area contributed by atoms with Crippen LogP contribution in [0.15, 0.2) is 36.7 Å². The molecule has 1 aromatic carbocycles. The van der Waals surface area contributed by atoms with E-state index in [0.717, 1.165) is 22.8 Å². The van der Waals surface area contributed by atoms with Gasteiger partial charge in [0.15, 0.2) is 0 Å². The average molecular weight is 230 g/mol. The van der Waals surface area contributed by atoms with Crippen molar-refractivity contribution in [1.29, 1.82) is 0 Å². The van der Waals surface area contributed by atoms with Crippen LogP contribution in [0.3, 0.4) is 0 Å². The third-order valence-electron chi connectivity index (χ3n) is 3.66. The minimum absolute atomic E-state index is 0.0214. The van der Waals surface area contributed by atoms with Crippen LogP contribution in [0.5, 0.6) is 0 Å². The first kappa shape index (κ1) is 10.7. The van der Waals surface area contributed by atoms with E-state index in [0.29, 0.717) is 12.8 Å². The second-order valence-electron chi connectivity index (χ2n) is 4.87. The van der Waals surface area contributed by atoms with Crippen LogP contribution in [-0.2, 0) is 5.67 Å². The van der Waals surface area contributed by atoms with Gasteiger partial charge in [-0.05, 0) is 29.9 Å². The minimum Gasteiger partial charge on any atom is -0.328 e. The molecule has 0 aliphatic heterocycles. The molecule has 1 aliphatic rings. The fourth-order valence-corrected chi connectivity index (χ4v) is 2.78. The lowest BCUT2D eigenvalue weighted by Gasteiger charge is -2.21. The molecular formula is C14H15FN2. The summed E-state index contributed by atoms with van der Waals surface area (Å²) in [6.07, 6.45) is 5.17. The third kappa shape index (κ3) is 1.71. The first-order valence-corrected chi connectivity index (χ1v) is 5.97. The van der Waals surface area contributed by atoms with Gasteiger partial charge >= 0.3 is 0 Å². The summed E-state index contributed by atoms with van der Waals surface area (Å²) in [6.45, 7) is 0. The molecule has 1 saturated carbocycles. The fraction of sp³-hybridized carbons (Fsp3) is 0.357. The van der Waals surface area contributed by atoms with Crippen LogP contribution in [0.4, 0.5) is 4.39 Å². The van der Waals surface area contributed by atoms with Gasteiger partial charge in [0.25, 0.3) is 0 Å². The van der Waals surface area contributed by atoms with Crippen LogP contribution in [0.2, 0.25) is 0 Å². The lowest BCUT2D eigenvalue weighted by atomic mass is 9.90. The molecule has 88 valence electrons. The highest BCUT2D eigenvalue weighted by Gasteiger charge is 2.40. The third-order valence-corrected chi connectivity index (χ3v) is 3.66. The number of hydrogen-bond acceptors (Lipinski definition) is 2. The molecule has 1 heterocycles. The van der Waals surface area contributed by atoms with Crippen molar-refractivity contribution in [3.63, 3.8) is 0 Å². The van der Waals surface area contributed by atoms with Crippen LogP contribution < -0.4 is 5.73 Å². The van der Waals surface area contributed by atoms with Gasteiger partial charge in [0.2, 0.25) is 0 Å². The number of rotatable bonds is 1. The molecule has 1 aliphatic carbocycles. The Kier molecular flexibility index (Phi) is 2.37. The van der Waals surface area contributed by atoms with Gasteiger partial charge < -0.3 is 5.73 Å². The smallest absolute Gasteiger partial charge is 0.138 e. The predicted molar refractivity (Wildman–Crippen MR) is 66.4 cm³/mol. The standard InChI is InChI=1S/C14H15FN2/c15-14(6-4-11(16)8-14)13-3-1-2-10-5-7-17-9-12(10)13/h1-3,5,7,9,11H,4,6,8,16H2. The molecule has 17 heavy (non-hydrogen) atoms. The normalized spacial score (nSPS) is 28.7. The number of benzene rings is 1. The van der Waals surface area contributed by atoms with Crippen LogP contribution in [0, 0.1) is 0 Å². The topological polar surface area (TPSA) is 38.9 Å². The highest BCUT2D eigenvalue weighted by molar-refractivity contribution is 5.85. The van der Waals surface area contributed by atoms with Gasteiger partial charge in [-0.15, -0.1) is 0 Å². The van der Waals surface area contributed by atoms with E-state index in [1.54, 1.807) is 12.4 Å². The summed E-state index contributed by atoms with van der Waals surface area (Å²) in [5, 5.41) is 1.95. The Hall–Kier alpha value is -1.48. The average Bonchev–Trinajstić information content (AvgIpc) is 2.70. The monoisotopic (exact) mass is 230 g/mol. The molecule has 3 rings (SSSR count). The molecule has 2 aromatic rings. The Balaban J connectivity index is 2.17. The van der Waals surface area contributed by atoms with Crippen molar-refractivity contribution >= 4 is 10.8 Å². The number of hydrogen-bond donors (Lipinski definition) is 1. The molecule has 3 heteroatoms. The number of fused-ring (bicyclic) bond motifs is 1. The van der Waals surface area contributed by atoms with Crippen LogP contribution in [0.1, 0.15) is 24.8 Å². The van der Waals surface area contributed by atoms with Crippen molar-refractivity contribution in [3.8, 4) is 0 Å². The molecule has 1 fully saturated rings. The lowest BCUT2D eigenvalue weighted by Crippen LogP contribution is -2.21. The molecular weight excluding hydrogens is 215 g/mol. The van der Waals surface area contributed by atoms with Crippen molar-refractivity contribution in [2.24, 2.45) is 5.73 Å². The van der Waals surface area contributed by atoms with Gasteiger partial charge in [0.05, 0.1) is 0 Å². The molecule has 2 atom stereocenters. The van der Waals surface area contributed by atoms with E-state index >= 15 is 0 Å². The number of pyridine rings is 1. The molecule has 2 N–H and O–H groups in total. The second kappa shape index (κ2) is 3.77. The molecule has 0 radical (unpaired) electrons. The Morgan fingerprint density at radius 2 is 2.24 bits per heavy atom. The van der Waals surface area contributed by atoms with Gasteiger partial charge in [-0.25, -0.2) is 4.39 Å². The van der Waals surface area contributed by atoms with E-state index < -0.39 is 5.67 Å².